The van der Waals surface area contributed by atoms with Gasteiger partial charge in [0.25, 0.3) is 0 Å². The van der Waals surface area contributed by atoms with Crippen molar-refractivity contribution in [2.45, 2.75) is 37.9 Å². The minimum atomic E-state index is 0.231. The Hall–Kier alpha value is -0.280. The normalized spacial score (nSPS) is 29.8. The largest absolute Gasteiger partial charge is 0.396 e. The van der Waals surface area contributed by atoms with E-state index >= 15 is 0 Å². The molecule has 0 radical (unpaired) electrons. The van der Waals surface area contributed by atoms with E-state index < -0.39 is 0 Å². The van der Waals surface area contributed by atoms with E-state index in [1.54, 1.807) is 0 Å². The highest BCUT2D eigenvalue weighted by atomic mass is 16.3. The van der Waals surface area contributed by atoms with Crippen molar-refractivity contribution < 1.29 is 10.2 Å². The van der Waals surface area contributed by atoms with Crippen LogP contribution in [0.3, 0.4) is 0 Å². The second-order valence-corrected chi connectivity index (χ2v) is 6.84. The van der Waals surface area contributed by atoms with Gasteiger partial charge >= 0.3 is 0 Å². The smallest absolute Gasteiger partial charge is 0.0754 e. The summed E-state index contributed by atoms with van der Waals surface area (Å²) in [5.74, 6) is 0. The van der Waals surface area contributed by atoms with Crippen molar-refractivity contribution >= 4 is 0 Å². The molecule has 3 fully saturated rings. The first-order valence-corrected chi connectivity index (χ1v) is 9.70. The lowest BCUT2D eigenvalue weighted by molar-refractivity contribution is -0.0305. The Morgan fingerprint density at radius 1 is 0.833 bits per heavy atom. The first kappa shape index (κ1) is 20.0. The van der Waals surface area contributed by atoms with Gasteiger partial charge < -0.3 is 26.2 Å². The van der Waals surface area contributed by atoms with E-state index in [0.717, 1.165) is 65.3 Å². The fourth-order valence-corrected chi connectivity index (χ4v) is 3.93. The summed E-state index contributed by atoms with van der Waals surface area (Å²) in [6.45, 7) is 9.94. The summed E-state index contributed by atoms with van der Waals surface area (Å²) in [6.07, 6.45) is 5.00. The Bertz CT molecular complexity index is 278. The highest BCUT2D eigenvalue weighted by Gasteiger charge is 2.33. The molecule has 142 valence electrons. The Morgan fingerprint density at radius 2 is 1.58 bits per heavy atom. The molecular weight excluding hydrogens is 306 g/mol. The molecule has 7 nitrogen and oxygen atoms in total. The third-order valence-corrected chi connectivity index (χ3v) is 5.19. The zero-order valence-corrected chi connectivity index (χ0v) is 15.1. The minimum absolute atomic E-state index is 0.231. The van der Waals surface area contributed by atoms with E-state index in [-0.39, 0.29) is 13.2 Å². The molecule has 0 aromatic carbocycles. The number of piperazine rings is 2. The van der Waals surface area contributed by atoms with Gasteiger partial charge in [0, 0.05) is 65.0 Å². The third-order valence-electron chi connectivity index (χ3n) is 5.19. The van der Waals surface area contributed by atoms with E-state index in [2.05, 4.69) is 25.8 Å². The summed E-state index contributed by atoms with van der Waals surface area (Å²) < 4.78 is 0. The molecule has 0 amide bonds. The Balaban J connectivity index is 0.000000292. The van der Waals surface area contributed by atoms with Crippen LogP contribution in [0.2, 0.25) is 0 Å². The lowest BCUT2D eigenvalue weighted by atomic mass is 9.98. The summed E-state index contributed by atoms with van der Waals surface area (Å²) in [5, 5.41) is 28.3. The summed E-state index contributed by atoms with van der Waals surface area (Å²) in [6, 6.07) is 0.509. The van der Waals surface area contributed by atoms with Crippen LogP contribution in [0.1, 0.15) is 25.7 Å². The van der Waals surface area contributed by atoms with Gasteiger partial charge in [-0.05, 0) is 25.8 Å². The average Bonchev–Trinajstić information content (AvgIpc) is 2.65. The Kier molecular flexibility index (Phi) is 10.1. The first-order chi connectivity index (χ1) is 11.9. The molecular formula is C17H37N5O2. The van der Waals surface area contributed by atoms with E-state index in [0.29, 0.717) is 12.2 Å². The lowest BCUT2D eigenvalue weighted by Crippen LogP contribution is -2.62. The van der Waals surface area contributed by atoms with Gasteiger partial charge in [0.15, 0.2) is 0 Å². The van der Waals surface area contributed by atoms with E-state index in [1.807, 2.05) is 0 Å². The first-order valence-electron chi connectivity index (χ1n) is 9.70. The molecule has 3 heterocycles. The number of likely N-dealkylation sites (tertiary alicyclic amines) is 1. The fourth-order valence-electron chi connectivity index (χ4n) is 3.93. The van der Waals surface area contributed by atoms with Crippen LogP contribution in [0, 0.1) is 0 Å². The van der Waals surface area contributed by atoms with E-state index in [1.165, 1.54) is 19.3 Å². The highest BCUT2D eigenvalue weighted by molar-refractivity contribution is 4.87. The number of β-amino-alcohol motifs (C(OH)–C–C–N with tert-alkyl or cyclic N) is 1. The molecule has 2 unspecified atom stereocenters. The fraction of sp³-hybridized carbons (Fsp3) is 1.00. The van der Waals surface area contributed by atoms with Crippen molar-refractivity contribution in [1.82, 2.24) is 25.8 Å². The number of rotatable bonds is 5. The molecule has 0 aliphatic carbocycles. The molecule has 0 spiro atoms. The van der Waals surface area contributed by atoms with Crippen LogP contribution < -0.4 is 16.0 Å². The summed E-state index contributed by atoms with van der Waals surface area (Å²) in [4.78, 5) is 4.92. The van der Waals surface area contributed by atoms with Gasteiger partial charge in [-0.15, -0.1) is 0 Å². The second-order valence-electron chi connectivity index (χ2n) is 6.84. The maximum atomic E-state index is 9.21. The molecule has 0 saturated carbocycles. The van der Waals surface area contributed by atoms with Crippen molar-refractivity contribution in [3.05, 3.63) is 0 Å². The van der Waals surface area contributed by atoms with Crippen LogP contribution in [0.4, 0.5) is 0 Å². The zero-order chi connectivity index (χ0) is 17.0. The van der Waals surface area contributed by atoms with Crippen molar-refractivity contribution in [2.24, 2.45) is 0 Å². The van der Waals surface area contributed by atoms with Crippen molar-refractivity contribution in [3.8, 4) is 0 Å². The van der Waals surface area contributed by atoms with Gasteiger partial charge in [-0.2, -0.15) is 0 Å². The molecule has 24 heavy (non-hydrogen) atoms. The maximum Gasteiger partial charge on any atom is 0.0754 e. The molecule has 0 aromatic heterocycles. The van der Waals surface area contributed by atoms with Crippen LogP contribution in [-0.4, -0.2) is 104 Å². The van der Waals surface area contributed by atoms with Crippen LogP contribution in [-0.2, 0) is 0 Å². The molecule has 3 rings (SSSR count). The van der Waals surface area contributed by atoms with Crippen LogP contribution in [0.25, 0.3) is 0 Å². The molecule has 7 heteroatoms. The topological polar surface area (TPSA) is 83.0 Å². The summed E-state index contributed by atoms with van der Waals surface area (Å²) in [7, 11) is 0. The van der Waals surface area contributed by atoms with Gasteiger partial charge in [0.1, 0.15) is 0 Å². The summed E-state index contributed by atoms with van der Waals surface area (Å²) >= 11 is 0. The molecule has 3 aliphatic rings. The highest BCUT2D eigenvalue weighted by Crippen LogP contribution is 2.24. The number of hydrogen-bond donors (Lipinski definition) is 5. The third kappa shape index (κ3) is 6.55. The second kappa shape index (κ2) is 12.1. The van der Waals surface area contributed by atoms with Gasteiger partial charge in [-0.25, -0.2) is 0 Å². The number of nitrogens with one attached hydrogen (secondary N) is 3. The van der Waals surface area contributed by atoms with Gasteiger partial charge in [-0.3, -0.25) is 9.80 Å². The number of aliphatic hydroxyl groups excluding tert-OH is 2. The maximum absolute atomic E-state index is 9.21. The number of hydrogen-bond acceptors (Lipinski definition) is 7. The number of nitrogens with zero attached hydrogens (tertiary/aromatic N) is 2. The predicted octanol–water partition coefficient (Wildman–Crippen LogP) is -1.37. The Morgan fingerprint density at radius 3 is 2.21 bits per heavy atom. The average molecular weight is 344 g/mol. The van der Waals surface area contributed by atoms with Crippen molar-refractivity contribution in [2.75, 3.05) is 72.1 Å². The summed E-state index contributed by atoms with van der Waals surface area (Å²) in [5.41, 5.74) is 0. The molecule has 5 N–H and O–H groups in total. The van der Waals surface area contributed by atoms with Gasteiger partial charge in [-0.1, -0.05) is 6.42 Å². The zero-order valence-electron chi connectivity index (χ0n) is 15.1. The quantitative estimate of drug-likeness (QED) is 0.421. The van der Waals surface area contributed by atoms with E-state index in [4.69, 9.17) is 0 Å². The SMILES string of the molecule is C1CNCCN1.OCCC1CCCCN1C1CNCCN1CCO. The van der Waals surface area contributed by atoms with Crippen LogP contribution in [0.5, 0.6) is 0 Å². The standard InChI is InChI=1S/C13H27N3O2.C4H10N2/c17-9-4-12-3-1-2-6-16(12)13-11-14-5-7-15(13)8-10-18;1-2-6-4-3-5-1/h12-14,17-18H,1-11H2;5-6H,1-4H2. The molecule has 3 aliphatic heterocycles. The predicted molar refractivity (Wildman–Crippen MR) is 97.1 cm³/mol. The Labute approximate surface area is 146 Å². The monoisotopic (exact) mass is 343 g/mol. The van der Waals surface area contributed by atoms with Gasteiger partial charge in [0.05, 0.1) is 12.8 Å². The van der Waals surface area contributed by atoms with Gasteiger partial charge in [0.2, 0.25) is 0 Å². The lowest BCUT2D eigenvalue weighted by Gasteiger charge is -2.48. The molecule has 3 saturated heterocycles. The van der Waals surface area contributed by atoms with Crippen molar-refractivity contribution in [3.63, 3.8) is 0 Å². The number of aliphatic hydroxyl groups is 2. The van der Waals surface area contributed by atoms with Crippen LogP contribution in [0.15, 0.2) is 0 Å². The van der Waals surface area contributed by atoms with Crippen LogP contribution >= 0.6 is 0 Å². The molecule has 2 atom stereocenters. The minimum Gasteiger partial charge on any atom is -0.396 e. The van der Waals surface area contributed by atoms with E-state index in [9.17, 15) is 10.2 Å². The van der Waals surface area contributed by atoms with Crippen molar-refractivity contribution in [1.29, 1.82) is 0 Å². The number of piperidine rings is 1. The molecule has 0 bridgehead atoms. The molecule has 0 aromatic rings.